The predicted molar refractivity (Wildman–Crippen MR) is 81.9 cm³/mol. The Morgan fingerprint density at radius 3 is 2.60 bits per heavy atom. The summed E-state index contributed by atoms with van der Waals surface area (Å²) in [6.07, 6.45) is 2.62. The third-order valence-corrected chi connectivity index (χ3v) is 3.64. The molecule has 0 saturated heterocycles. The largest absolute Gasteiger partial charge is 0.469 e. The van der Waals surface area contributed by atoms with Gasteiger partial charge in [-0.05, 0) is 63.9 Å². The van der Waals surface area contributed by atoms with Crippen molar-refractivity contribution < 1.29 is 4.42 Å². The van der Waals surface area contributed by atoms with Crippen molar-refractivity contribution in [1.82, 2.24) is 10.3 Å². The highest BCUT2D eigenvalue weighted by atomic mass is 16.3. The van der Waals surface area contributed by atoms with Crippen molar-refractivity contribution in [3.8, 4) is 0 Å². The Kier molecular flexibility index (Phi) is 4.61. The van der Waals surface area contributed by atoms with Crippen LogP contribution in [0.2, 0.25) is 0 Å². The molecule has 0 bridgehead atoms. The first-order valence-electron chi connectivity index (χ1n) is 7.20. The predicted octanol–water partition coefficient (Wildman–Crippen LogP) is 3.88. The number of pyridine rings is 1. The van der Waals surface area contributed by atoms with Crippen LogP contribution in [0.15, 0.2) is 28.9 Å². The SMILES string of the molecule is Cc1cc(C)c(C(C)NC(C)Cc2ccco2)c(C)n1. The number of aromatic nitrogens is 1. The molecule has 108 valence electrons. The third kappa shape index (κ3) is 3.48. The second-order valence-electron chi connectivity index (χ2n) is 5.65. The van der Waals surface area contributed by atoms with Gasteiger partial charge in [0, 0.05) is 29.9 Å². The number of furan rings is 1. The minimum Gasteiger partial charge on any atom is -0.469 e. The first-order valence-corrected chi connectivity index (χ1v) is 7.20. The Morgan fingerprint density at radius 1 is 1.25 bits per heavy atom. The van der Waals surface area contributed by atoms with E-state index in [2.05, 4.69) is 44.1 Å². The van der Waals surface area contributed by atoms with E-state index >= 15 is 0 Å². The van der Waals surface area contributed by atoms with Crippen LogP contribution in [0.25, 0.3) is 0 Å². The molecular weight excluding hydrogens is 248 g/mol. The van der Waals surface area contributed by atoms with Crippen LogP contribution in [0.4, 0.5) is 0 Å². The Hall–Kier alpha value is -1.61. The molecule has 3 nitrogen and oxygen atoms in total. The van der Waals surface area contributed by atoms with Gasteiger partial charge < -0.3 is 9.73 Å². The minimum atomic E-state index is 0.285. The van der Waals surface area contributed by atoms with Crippen LogP contribution in [0.5, 0.6) is 0 Å². The van der Waals surface area contributed by atoms with Crippen molar-refractivity contribution in [2.75, 3.05) is 0 Å². The number of nitrogens with one attached hydrogen (secondary N) is 1. The van der Waals surface area contributed by atoms with Gasteiger partial charge in [-0.15, -0.1) is 0 Å². The molecule has 0 saturated carbocycles. The van der Waals surface area contributed by atoms with Crippen LogP contribution < -0.4 is 5.32 Å². The molecule has 2 heterocycles. The summed E-state index contributed by atoms with van der Waals surface area (Å²) in [5.41, 5.74) is 4.81. The molecule has 2 unspecified atom stereocenters. The van der Waals surface area contributed by atoms with Crippen LogP contribution in [0.3, 0.4) is 0 Å². The van der Waals surface area contributed by atoms with E-state index in [9.17, 15) is 0 Å². The highest BCUT2D eigenvalue weighted by Gasteiger charge is 2.16. The highest BCUT2D eigenvalue weighted by molar-refractivity contribution is 5.33. The van der Waals surface area contributed by atoms with Gasteiger partial charge in [0.2, 0.25) is 0 Å². The third-order valence-electron chi connectivity index (χ3n) is 3.64. The Bertz CT molecular complexity index is 537. The van der Waals surface area contributed by atoms with Gasteiger partial charge in [-0.1, -0.05) is 0 Å². The molecule has 3 heteroatoms. The zero-order valence-corrected chi connectivity index (χ0v) is 13.0. The summed E-state index contributed by atoms with van der Waals surface area (Å²) in [4.78, 5) is 4.58. The van der Waals surface area contributed by atoms with Gasteiger partial charge in [-0.25, -0.2) is 0 Å². The van der Waals surface area contributed by atoms with Crippen LogP contribution in [0.1, 0.15) is 48.2 Å². The van der Waals surface area contributed by atoms with E-state index in [0.29, 0.717) is 6.04 Å². The van der Waals surface area contributed by atoms with Crippen molar-refractivity contribution in [1.29, 1.82) is 0 Å². The van der Waals surface area contributed by atoms with Gasteiger partial charge in [0.05, 0.1) is 6.26 Å². The summed E-state index contributed by atoms with van der Waals surface area (Å²) < 4.78 is 5.40. The summed E-state index contributed by atoms with van der Waals surface area (Å²) in [5.74, 6) is 1.02. The molecule has 2 aromatic heterocycles. The van der Waals surface area contributed by atoms with E-state index in [1.165, 1.54) is 11.1 Å². The Morgan fingerprint density at radius 2 is 2.00 bits per heavy atom. The first kappa shape index (κ1) is 14.8. The average Bonchev–Trinajstić information content (AvgIpc) is 2.79. The van der Waals surface area contributed by atoms with Crippen molar-refractivity contribution in [3.63, 3.8) is 0 Å². The molecule has 0 aromatic carbocycles. The van der Waals surface area contributed by atoms with Crippen molar-refractivity contribution in [3.05, 3.63) is 52.7 Å². The summed E-state index contributed by atoms with van der Waals surface area (Å²) >= 11 is 0. The minimum absolute atomic E-state index is 0.285. The van der Waals surface area contributed by atoms with E-state index in [-0.39, 0.29) is 6.04 Å². The fourth-order valence-electron chi connectivity index (χ4n) is 2.99. The smallest absolute Gasteiger partial charge is 0.105 e. The van der Waals surface area contributed by atoms with Gasteiger partial charge in [0.25, 0.3) is 0 Å². The van der Waals surface area contributed by atoms with Crippen molar-refractivity contribution in [2.45, 2.75) is 53.1 Å². The Balaban J connectivity index is 2.06. The maximum atomic E-state index is 5.40. The molecule has 0 aliphatic heterocycles. The first-order chi connectivity index (χ1) is 9.47. The lowest BCUT2D eigenvalue weighted by atomic mass is 9.99. The lowest BCUT2D eigenvalue weighted by Crippen LogP contribution is -2.31. The second-order valence-corrected chi connectivity index (χ2v) is 5.65. The molecule has 1 N–H and O–H groups in total. The lowest BCUT2D eigenvalue weighted by molar-refractivity contribution is 0.427. The molecule has 0 radical (unpaired) electrons. The number of rotatable bonds is 5. The standard InChI is InChI=1S/C17H24N2O/c1-11-9-12(2)18-14(4)17(11)15(5)19-13(3)10-16-7-6-8-20-16/h6-9,13,15,19H,10H2,1-5H3. The zero-order valence-electron chi connectivity index (χ0n) is 13.0. The van der Waals surface area contributed by atoms with Gasteiger partial charge >= 0.3 is 0 Å². The van der Waals surface area contributed by atoms with E-state index in [1.807, 2.05) is 19.1 Å². The Labute approximate surface area is 121 Å². The summed E-state index contributed by atoms with van der Waals surface area (Å²) in [5, 5.41) is 3.64. The molecular formula is C17H24N2O. The molecule has 0 aliphatic rings. The molecule has 2 rings (SSSR count). The van der Waals surface area contributed by atoms with Gasteiger partial charge in [0.1, 0.15) is 5.76 Å². The van der Waals surface area contributed by atoms with Crippen molar-refractivity contribution >= 4 is 0 Å². The number of hydrogen-bond donors (Lipinski definition) is 1. The van der Waals surface area contributed by atoms with E-state index in [0.717, 1.165) is 23.6 Å². The summed E-state index contributed by atoms with van der Waals surface area (Å²) in [6, 6.07) is 6.75. The molecule has 2 aromatic rings. The molecule has 0 spiro atoms. The van der Waals surface area contributed by atoms with Crippen LogP contribution >= 0.6 is 0 Å². The lowest BCUT2D eigenvalue weighted by Gasteiger charge is -2.23. The topological polar surface area (TPSA) is 38.1 Å². The number of aryl methyl sites for hydroxylation is 3. The molecule has 0 fully saturated rings. The fourth-order valence-corrected chi connectivity index (χ4v) is 2.99. The number of nitrogens with zero attached hydrogens (tertiary/aromatic N) is 1. The van der Waals surface area contributed by atoms with Gasteiger partial charge in [-0.2, -0.15) is 0 Å². The fraction of sp³-hybridized carbons (Fsp3) is 0.471. The van der Waals surface area contributed by atoms with Gasteiger partial charge in [-0.3, -0.25) is 4.98 Å². The van der Waals surface area contributed by atoms with E-state index in [1.54, 1.807) is 6.26 Å². The second kappa shape index (κ2) is 6.23. The normalized spacial score (nSPS) is 14.2. The van der Waals surface area contributed by atoms with Gasteiger partial charge in [0.15, 0.2) is 0 Å². The number of hydrogen-bond acceptors (Lipinski definition) is 3. The van der Waals surface area contributed by atoms with Crippen LogP contribution in [-0.4, -0.2) is 11.0 Å². The highest BCUT2D eigenvalue weighted by Crippen LogP contribution is 2.22. The monoisotopic (exact) mass is 272 g/mol. The van der Waals surface area contributed by atoms with Crippen LogP contribution in [0, 0.1) is 20.8 Å². The molecule has 20 heavy (non-hydrogen) atoms. The molecule has 2 atom stereocenters. The van der Waals surface area contributed by atoms with Crippen molar-refractivity contribution in [2.24, 2.45) is 0 Å². The molecule has 0 amide bonds. The van der Waals surface area contributed by atoms with E-state index in [4.69, 9.17) is 4.42 Å². The molecule has 0 aliphatic carbocycles. The quantitative estimate of drug-likeness (QED) is 0.897. The van der Waals surface area contributed by atoms with E-state index < -0.39 is 0 Å². The summed E-state index contributed by atoms with van der Waals surface area (Å²) in [6.45, 7) is 10.7. The average molecular weight is 272 g/mol. The zero-order chi connectivity index (χ0) is 14.7. The maximum Gasteiger partial charge on any atom is 0.105 e. The maximum absolute atomic E-state index is 5.40. The van der Waals surface area contributed by atoms with Crippen LogP contribution in [-0.2, 0) is 6.42 Å². The summed E-state index contributed by atoms with van der Waals surface area (Å²) in [7, 11) is 0.